The number of likely N-dealkylation sites (tertiary alicyclic amines) is 1. The molecule has 2 atom stereocenters. The number of aliphatic hydroxyl groups excluding tert-OH is 1. The van der Waals surface area contributed by atoms with E-state index in [0.29, 0.717) is 25.6 Å². The first-order valence-electron chi connectivity index (χ1n) is 6.83. The molecular weight excluding hydrogens is 232 g/mol. The molecule has 1 saturated heterocycles. The third-order valence-electron chi connectivity index (χ3n) is 3.52. The molecule has 18 heavy (non-hydrogen) atoms. The second-order valence-corrected chi connectivity index (χ2v) is 4.96. The van der Waals surface area contributed by atoms with Crippen LogP contribution >= 0.6 is 0 Å². The number of aliphatic hydroxyl groups is 1. The SMILES string of the molecule is CCC1CN(CC(=O)NCCCOC)CCC1O. The summed E-state index contributed by atoms with van der Waals surface area (Å²) in [6, 6.07) is 0. The quantitative estimate of drug-likeness (QED) is 0.642. The Balaban J connectivity index is 2.19. The van der Waals surface area contributed by atoms with Gasteiger partial charge in [0.05, 0.1) is 12.6 Å². The first-order chi connectivity index (χ1) is 8.67. The average Bonchev–Trinajstić information content (AvgIpc) is 2.37. The van der Waals surface area contributed by atoms with E-state index in [1.807, 2.05) is 0 Å². The number of nitrogens with zero attached hydrogens (tertiary/aromatic N) is 1. The second kappa shape index (κ2) is 8.45. The molecule has 1 heterocycles. The molecular formula is C13H26N2O3. The standard InChI is InChI=1S/C13H26N2O3/c1-3-11-9-15(7-5-12(11)16)10-13(17)14-6-4-8-18-2/h11-12,16H,3-10H2,1-2H3,(H,14,17). The van der Waals surface area contributed by atoms with E-state index in [0.717, 1.165) is 32.4 Å². The highest BCUT2D eigenvalue weighted by Crippen LogP contribution is 2.19. The molecule has 1 rings (SSSR count). The molecule has 0 saturated carbocycles. The lowest BCUT2D eigenvalue weighted by molar-refractivity contribution is -0.123. The van der Waals surface area contributed by atoms with Gasteiger partial charge in [0.25, 0.3) is 0 Å². The van der Waals surface area contributed by atoms with E-state index in [2.05, 4.69) is 17.1 Å². The first kappa shape index (κ1) is 15.4. The van der Waals surface area contributed by atoms with Gasteiger partial charge < -0.3 is 15.2 Å². The zero-order valence-corrected chi connectivity index (χ0v) is 11.5. The molecule has 0 aromatic carbocycles. The topological polar surface area (TPSA) is 61.8 Å². The molecule has 5 nitrogen and oxygen atoms in total. The maximum atomic E-state index is 11.7. The molecule has 0 bridgehead atoms. The number of piperidine rings is 1. The second-order valence-electron chi connectivity index (χ2n) is 4.96. The van der Waals surface area contributed by atoms with Gasteiger partial charge in [0, 0.05) is 33.4 Å². The van der Waals surface area contributed by atoms with Crippen molar-refractivity contribution in [3.8, 4) is 0 Å². The third-order valence-corrected chi connectivity index (χ3v) is 3.52. The van der Waals surface area contributed by atoms with Crippen LogP contribution < -0.4 is 5.32 Å². The largest absolute Gasteiger partial charge is 0.393 e. The average molecular weight is 258 g/mol. The number of nitrogens with one attached hydrogen (secondary N) is 1. The molecule has 0 aliphatic carbocycles. The maximum Gasteiger partial charge on any atom is 0.234 e. The zero-order chi connectivity index (χ0) is 13.4. The Morgan fingerprint density at radius 1 is 1.56 bits per heavy atom. The molecule has 0 spiro atoms. The molecule has 106 valence electrons. The fraction of sp³-hybridized carbons (Fsp3) is 0.923. The number of carbonyl (C=O) groups excluding carboxylic acids is 1. The summed E-state index contributed by atoms with van der Waals surface area (Å²) in [5.41, 5.74) is 0. The normalized spacial score (nSPS) is 25.1. The minimum Gasteiger partial charge on any atom is -0.393 e. The van der Waals surface area contributed by atoms with Crippen LogP contribution in [0.3, 0.4) is 0 Å². The van der Waals surface area contributed by atoms with Crippen molar-refractivity contribution >= 4 is 5.91 Å². The predicted molar refractivity (Wildman–Crippen MR) is 70.3 cm³/mol. The Kier molecular flexibility index (Phi) is 7.23. The lowest BCUT2D eigenvalue weighted by Gasteiger charge is -2.35. The summed E-state index contributed by atoms with van der Waals surface area (Å²) in [5.74, 6) is 0.373. The van der Waals surface area contributed by atoms with Crippen molar-refractivity contribution in [2.45, 2.75) is 32.3 Å². The predicted octanol–water partition coefficient (Wildman–Crippen LogP) is 0.232. The Hall–Kier alpha value is -0.650. The highest BCUT2D eigenvalue weighted by Gasteiger charge is 2.27. The Bertz CT molecular complexity index is 248. The minimum atomic E-state index is -0.198. The Morgan fingerprint density at radius 2 is 2.33 bits per heavy atom. The fourth-order valence-electron chi connectivity index (χ4n) is 2.34. The van der Waals surface area contributed by atoms with Gasteiger partial charge in [-0.05, 0) is 25.2 Å². The third kappa shape index (κ3) is 5.33. The summed E-state index contributed by atoms with van der Waals surface area (Å²) >= 11 is 0. The smallest absolute Gasteiger partial charge is 0.234 e. The number of methoxy groups -OCH3 is 1. The van der Waals surface area contributed by atoms with Crippen molar-refractivity contribution in [1.29, 1.82) is 0 Å². The van der Waals surface area contributed by atoms with E-state index in [1.54, 1.807) is 7.11 Å². The van der Waals surface area contributed by atoms with Crippen LogP contribution in [0, 0.1) is 5.92 Å². The van der Waals surface area contributed by atoms with E-state index >= 15 is 0 Å². The summed E-state index contributed by atoms with van der Waals surface area (Å²) in [6.07, 6.45) is 2.39. The van der Waals surface area contributed by atoms with E-state index < -0.39 is 0 Å². The van der Waals surface area contributed by atoms with Gasteiger partial charge in [0.2, 0.25) is 5.91 Å². The molecule has 1 aliphatic rings. The number of hydrogen-bond donors (Lipinski definition) is 2. The fourth-order valence-corrected chi connectivity index (χ4v) is 2.34. The van der Waals surface area contributed by atoms with Crippen LogP contribution in [-0.2, 0) is 9.53 Å². The van der Waals surface area contributed by atoms with Gasteiger partial charge in [-0.3, -0.25) is 9.69 Å². The number of ether oxygens (including phenoxy) is 1. The monoisotopic (exact) mass is 258 g/mol. The van der Waals surface area contributed by atoms with Crippen LogP contribution in [0.5, 0.6) is 0 Å². The number of rotatable bonds is 7. The van der Waals surface area contributed by atoms with Crippen molar-refractivity contribution in [3.05, 3.63) is 0 Å². The summed E-state index contributed by atoms with van der Waals surface area (Å²) < 4.78 is 4.92. The van der Waals surface area contributed by atoms with Crippen molar-refractivity contribution in [3.63, 3.8) is 0 Å². The van der Waals surface area contributed by atoms with Crippen molar-refractivity contribution in [2.24, 2.45) is 5.92 Å². The van der Waals surface area contributed by atoms with Gasteiger partial charge >= 0.3 is 0 Å². The van der Waals surface area contributed by atoms with Gasteiger partial charge in [-0.2, -0.15) is 0 Å². The summed E-state index contributed by atoms with van der Waals surface area (Å²) in [6.45, 7) is 5.50. The summed E-state index contributed by atoms with van der Waals surface area (Å²) in [4.78, 5) is 13.8. The first-order valence-corrected chi connectivity index (χ1v) is 6.83. The maximum absolute atomic E-state index is 11.7. The van der Waals surface area contributed by atoms with Crippen LogP contribution in [0.15, 0.2) is 0 Å². The molecule has 1 aliphatic heterocycles. The summed E-state index contributed by atoms with van der Waals surface area (Å²) in [7, 11) is 1.66. The Morgan fingerprint density at radius 3 is 3.00 bits per heavy atom. The highest BCUT2D eigenvalue weighted by atomic mass is 16.5. The highest BCUT2D eigenvalue weighted by molar-refractivity contribution is 5.77. The molecule has 0 aromatic rings. The molecule has 0 radical (unpaired) electrons. The van der Waals surface area contributed by atoms with Gasteiger partial charge in [-0.25, -0.2) is 0 Å². The van der Waals surface area contributed by atoms with E-state index in [1.165, 1.54) is 0 Å². The van der Waals surface area contributed by atoms with Gasteiger partial charge in [0.1, 0.15) is 0 Å². The summed E-state index contributed by atoms with van der Waals surface area (Å²) in [5, 5.41) is 12.7. The van der Waals surface area contributed by atoms with Gasteiger partial charge in [0.15, 0.2) is 0 Å². The molecule has 2 unspecified atom stereocenters. The van der Waals surface area contributed by atoms with Crippen LogP contribution in [0.25, 0.3) is 0 Å². The number of carbonyl (C=O) groups is 1. The van der Waals surface area contributed by atoms with E-state index in [9.17, 15) is 9.90 Å². The van der Waals surface area contributed by atoms with Crippen molar-refractivity contribution in [1.82, 2.24) is 10.2 Å². The number of hydrogen-bond acceptors (Lipinski definition) is 4. The van der Waals surface area contributed by atoms with Gasteiger partial charge in [-0.1, -0.05) is 6.92 Å². The van der Waals surface area contributed by atoms with Crippen molar-refractivity contribution in [2.75, 3.05) is 39.9 Å². The minimum absolute atomic E-state index is 0.0670. The lowest BCUT2D eigenvalue weighted by atomic mass is 9.92. The van der Waals surface area contributed by atoms with E-state index in [-0.39, 0.29) is 12.0 Å². The Labute approximate surface area is 109 Å². The van der Waals surface area contributed by atoms with E-state index in [4.69, 9.17) is 4.74 Å². The molecule has 1 fully saturated rings. The van der Waals surface area contributed by atoms with Crippen LogP contribution in [0.1, 0.15) is 26.2 Å². The van der Waals surface area contributed by atoms with Gasteiger partial charge in [-0.15, -0.1) is 0 Å². The molecule has 5 heteroatoms. The lowest BCUT2D eigenvalue weighted by Crippen LogP contribution is -2.47. The molecule has 0 aromatic heterocycles. The van der Waals surface area contributed by atoms with Crippen LogP contribution in [0.2, 0.25) is 0 Å². The molecule has 1 amide bonds. The van der Waals surface area contributed by atoms with Crippen molar-refractivity contribution < 1.29 is 14.6 Å². The van der Waals surface area contributed by atoms with Crippen LogP contribution in [-0.4, -0.2) is 61.9 Å². The number of amides is 1. The molecule has 2 N–H and O–H groups in total. The van der Waals surface area contributed by atoms with Crippen LogP contribution in [0.4, 0.5) is 0 Å². The zero-order valence-electron chi connectivity index (χ0n) is 11.5.